The summed E-state index contributed by atoms with van der Waals surface area (Å²) in [5, 5.41) is 9.03. The Morgan fingerprint density at radius 3 is 1.63 bits per heavy atom. The van der Waals surface area contributed by atoms with E-state index in [0.29, 0.717) is 0 Å². The molecule has 3 heteroatoms. The Hall–Kier alpha value is -3.17. The van der Waals surface area contributed by atoms with Crippen LogP contribution in [0.15, 0.2) is 97.2 Å². The fourth-order valence-corrected chi connectivity index (χ4v) is 4.25. The van der Waals surface area contributed by atoms with Crippen molar-refractivity contribution in [2.45, 2.75) is 31.1 Å². The summed E-state index contributed by atoms with van der Waals surface area (Å²) in [4.78, 5) is 8.61. The molecule has 0 saturated heterocycles. The van der Waals surface area contributed by atoms with Crippen molar-refractivity contribution in [2.24, 2.45) is 0 Å². The maximum Gasteiger partial charge on any atom is 0.126 e. The van der Waals surface area contributed by atoms with Crippen molar-refractivity contribution in [3.8, 4) is 0 Å². The van der Waals surface area contributed by atoms with E-state index in [2.05, 4.69) is 96.0 Å². The van der Waals surface area contributed by atoms with Crippen LogP contribution in [0.1, 0.15) is 47.5 Å². The molecule has 0 unspecified atom stereocenters. The van der Waals surface area contributed by atoms with Gasteiger partial charge in [-0.2, -0.15) is 0 Å². The molecule has 0 fully saturated rings. The molecule has 3 nitrogen and oxygen atoms in total. The Morgan fingerprint density at radius 1 is 0.667 bits per heavy atom. The standard InChI is InChI=1S/C27H28N2O/c30-20-12-4-11-19-25-21-28-26(29-25)27(22-13-5-1-6-14-22,23-15-7-2-8-16-23)24-17-9-3-10-18-24/h1-3,5-10,13-18,21,30H,4,11-12,19-20H2,(H,28,29). The molecular formula is C27H28N2O. The third-order valence-corrected chi connectivity index (χ3v) is 5.70. The van der Waals surface area contributed by atoms with Crippen molar-refractivity contribution >= 4 is 0 Å². The summed E-state index contributed by atoms with van der Waals surface area (Å²) in [6.45, 7) is 0.255. The predicted octanol–water partition coefficient (Wildman–Crippen LogP) is 5.50. The molecular weight excluding hydrogens is 368 g/mol. The lowest BCUT2D eigenvalue weighted by molar-refractivity contribution is 0.283. The largest absolute Gasteiger partial charge is 0.396 e. The van der Waals surface area contributed by atoms with E-state index in [0.717, 1.165) is 37.2 Å². The van der Waals surface area contributed by atoms with Gasteiger partial charge in [0.15, 0.2) is 0 Å². The summed E-state index contributed by atoms with van der Waals surface area (Å²) in [6.07, 6.45) is 5.84. The highest BCUT2D eigenvalue weighted by Gasteiger charge is 2.40. The van der Waals surface area contributed by atoms with Crippen LogP contribution >= 0.6 is 0 Å². The second-order valence-electron chi connectivity index (χ2n) is 7.62. The first-order chi connectivity index (χ1) is 14.9. The summed E-state index contributed by atoms with van der Waals surface area (Å²) < 4.78 is 0. The second kappa shape index (κ2) is 9.55. The van der Waals surface area contributed by atoms with Crippen molar-refractivity contribution in [3.05, 3.63) is 125 Å². The zero-order chi connectivity index (χ0) is 20.7. The normalized spacial score (nSPS) is 11.5. The number of imidazole rings is 1. The Kier molecular flexibility index (Phi) is 6.41. The fraction of sp³-hybridized carbons (Fsp3) is 0.222. The van der Waals surface area contributed by atoms with E-state index in [1.807, 2.05) is 6.20 Å². The molecule has 0 bridgehead atoms. The lowest BCUT2D eigenvalue weighted by Gasteiger charge is -2.34. The van der Waals surface area contributed by atoms with Gasteiger partial charge in [0.1, 0.15) is 11.2 Å². The highest BCUT2D eigenvalue weighted by molar-refractivity contribution is 5.56. The van der Waals surface area contributed by atoms with Crippen LogP contribution in [0, 0.1) is 0 Å². The SMILES string of the molecule is OCCCCCc1c[nH]c(C(c2ccccc2)(c2ccccc2)c2ccccc2)n1. The number of hydrogen-bond acceptors (Lipinski definition) is 2. The van der Waals surface area contributed by atoms with Gasteiger partial charge in [-0.3, -0.25) is 0 Å². The molecule has 0 aliphatic carbocycles. The first kappa shape index (κ1) is 20.1. The zero-order valence-electron chi connectivity index (χ0n) is 17.2. The number of benzene rings is 3. The van der Waals surface area contributed by atoms with E-state index in [1.165, 1.54) is 16.7 Å². The maximum absolute atomic E-state index is 9.03. The van der Waals surface area contributed by atoms with Crippen LogP contribution in [0.4, 0.5) is 0 Å². The van der Waals surface area contributed by atoms with Gasteiger partial charge in [0.2, 0.25) is 0 Å². The smallest absolute Gasteiger partial charge is 0.126 e. The number of aromatic nitrogens is 2. The van der Waals surface area contributed by atoms with Gasteiger partial charge in [-0.1, -0.05) is 97.4 Å². The minimum atomic E-state index is -0.521. The summed E-state index contributed by atoms with van der Waals surface area (Å²) >= 11 is 0. The number of aliphatic hydroxyl groups is 1. The number of aliphatic hydroxyl groups excluding tert-OH is 1. The van der Waals surface area contributed by atoms with Gasteiger partial charge in [-0.15, -0.1) is 0 Å². The molecule has 3 aromatic carbocycles. The predicted molar refractivity (Wildman–Crippen MR) is 122 cm³/mol. The summed E-state index contributed by atoms with van der Waals surface area (Å²) in [5.74, 6) is 0.934. The van der Waals surface area contributed by atoms with Gasteiger partial charge < -0.3 is 10.1 Å². The van der Waals surface area contributed by atoms with Crippen LogP contribution < -0.4 is 0 Å². The molecule has 0 saturated carbocycles. The van der Waals surface area contributed by atoms with Crippen molar-refractivity contribution in [2.75, 3.05) is 6.61 Å². The fourth-order valence-electron chi connectivity index (χ4n) is 4.25. The first-order valence-corrected chi connectivity index (χ1v) is 10.7. The minimum Gasteiger partial charge on any atom is -0.396 e. The average molecular weight is 397 g/mol. The van der Waals surface area contributed by atoms with Crippen LogP contribution in [0.25, 0.3) is 0 Å². The number of hydrogen-bond donors (Lipinski definition) is 2. The Balaban J connectivity index is 1.87. The lowest BCUT2D eigenvalue weighted by atomic mass is 9.69. The molecule has 0 atom stereocenters. The molecule has 0 radical (unpaired) electrons. The van der Waals surface area contributed by atoms with Crippen LogP contribution in [0.2, 0.25) is 0 Å². The number of nitrogens with zero attached hydrogens (tertiary/aromatic N) is 1. The second-order valence-corrected chi connectivity index (χ2v) is 7.62. The van der Waals surface area contributed by atoms with E-state index in [-0.39, 0.29) is 6.61 Å². The minimum absolute atomic E-state index is 0.255. The van der Waals surface area contributed by atoms with Crippen molar-refractivity contribution < 1.29 is 5.11 Å². The van der Waals surface area contributed by atoms with Gasteiger partial charge in [-0.25, -0.2) is 4.98 Å². The molecule has 0 amide bonds. The van der Waals surface area contributed by atoms with Crippen molar-refractivity contribution in [3.63, 3.8) is 0 Å². The molecule has 30 heavy (non-hydrogen) atoms. The molecule has 0 aliphatic heterocycles. The zero-order valence-corrected chi connectivity index (χ0v) is 17.2. The number of unbranched alkanes of at least 4 members (excludes halogenated alkanes) is 2. The van der Waals surface area contributed by atoms with Crippen molar-refractivity contribution in [1.82, 2.24) is 9.97 Å². The molecule has 0 spiro atoms. The number of H-pyrrole nitrogens is 1. The highest BCUT2D eigenvalue weighted by atomic mass is 16.2. The van der Waals surface area contributed by atoms with Crippen molar-refractivity contribution in [1.29, 1.82) is 0 Å². The summed E-state index contributed by atoms with van der Waals surface area (Å²) in [7, 11) is 0. The molecule has 1 heterocycles. The third-order valence-electron chi connectivity index (χ3n) is 5.70. The Bertz CT molecular complexity index is 930. The number of aryl methyl sites for hydroxylation is 1. The first-order valence-electron chi connectivity index (χ1n) is 10.7. The molecule has 1 aromatic heterocycles. The lowest BCUT2D eigenvalue weighted by Crippen LogP contribution is -2.32. The number of nitrogens with one attached hydrogen (secondary N) is 1. The third kappa shape index (κ3) is 3.94. The Labute approximate surface area is 178 Å². The van der Waals surface area contributed by atoms with E-state index in [4.69, 9.17) is 10.1 Å². The molecule has 4 rings (SSSR count). The quantitative estimate of drug-likeness (QED) is 0.290. The van der Waals surface area contributed by atoms with Crippen LogP contribution in [0.3, 0.4) is 0 Å². The Morgan fingerprint density at radius 2 is 1.17 bits per heavy atom. The average Bonchev–Trinajstić information content (AvgIpc) is 3.29. The summed E-state index contributed by atoms with van der Waals surface area (Å²) in [5.41, 5.74) is 4.10. The van der Waals surface area contributed by atoms with E-state index >= 15 is 0 Å². The van der Waals surface area contributed by atoms with E-state index in [1.54, 1.807) is 0 Å². The van der Waals surface area contributed by atoms with Crippen LogP contribution in [-0.4, -0.2) is 21.7 Å². The molecule has 152 valence electrons. The number of aromatic amines is 1. The topological polar surface area (TPSA) is 48.9 Å². The van der Waals surface area contributed by atoms with Gasteiger partial charge in [-0.05, 0) is 36.0 Å². The molecule has 2 N–H and O–H groups in total. The van der Waals surface area contributed by atoms with Gasteiger partial charge in [0, 0.05) is 12.8 Å². The van der Waals surface area contributed by atoms with Gasteiger partial charge in [0.25, 0.3) is 0 Å². The van der Waals surface area contributed by atoms with Gasteiger partial charge >= 0.3 is 0 Å². The number of rotatable bonds is 9. The highest BCUT2D eigenvalue weighted by Crippen LogP contribution is 2.43. The molecule has 0 aliphatic rings. The van der Waals surface area contributed by atoms with E-state index < -0.39 is 5.41 Å². The monoisotopic (exact) mass is 396 g/mol. The van der Waals surface area contributed by atoms with E-state index in [9.17, 15) is 0 Å². The van der Waals surface area contributed by atoms with Crippen LogP contribution in [0.5, 0.6) is 0 Å². The maximum atomic E-state index is 9.03. The van der Waals surface area contributed by atoms with Crippen LogP contribution in [-0.2, 0) is 11.8 Å². The molecule has 4 aromatic rings. The van der Waals surface area contributed by atoms with Gasteiger partial charge in [0.05, 0.1) is 5.69 Å². The summed E-state index contributed by atoms with van der Waals surface area (Å²) in [6, 6.07) is 31.8.